The number of hydrogen-bond donors (Lipinski definition) is 2. The van der Waals surface area contributed by atoms with Gasteiger partial charge in [0.2, 0.25) is 11.8 Å². The van der Waals surface area contributed by atoms with Crippen LogP contribution >= 0.6 is 11.8 Å². The standard InChI is InChI=1S/C21H18N4O4S/c22-11-18-17(15-7-4-8-16(9-15)25(28)29)10-19(26)24-21(18)30-13-20(27)23-12-14-5-2-1-3-6-14/h1-9,17H,10,12-13H2,(H,23,27)(H,24,26)/t17-/m1/s1. The summed E-state index contributed by atoms with van der Waals surface area (Å²) < 4.78 is 0. The zero-order valence-corrected chi connectivity index (χ0v) is 16.6. The van der Waals surface area contributed by atoms with Gasteiger partial charge in [0.05, 0.1) is 27.3 Å². The van der Waals surface area contributed by atoms with E-state index in [0.717, 1.165) is 17.3 Å². The fourth-order valence-electron chi connectivity index (χ4n) is 3.06. The summed E-state index contributed by atoms with van der Waals surface area (Å²) >= 11 is 1.07. The number of amides is 2. The Kier molecular flexibility index (Phi) is 6.83. The van der Waals surface area contributed by atoms with Crippen LogP contribution in [0.25, 0.3) is 0 Å². The molecule has 30 heavy (non-hydrogen) atoms. The molecule has 0 spiro atoms. The molecular weight excluding hydrogens is 404 g/mol. The Hall–Kier alpha value is -3.64. The van der Waals surface area contributed by atoms with Crippen molar-refractivity contribution in [1.82, 2.24) is 10.6 Å². The van der Waals surface area contributed by atoms with Crippen molar-refractivity contribution in [1.29, 1.82) is 5.26 Å². The Labute approximate surface area is 177 Å². The number of carbonyl (C=O) groups excluding carboxylic acids is 2. The van der Waals surface area contributed by atoms with Crippen LogP contribution < -0.4 is 10.6 Å². The summed E-state index contributed by atoms with van der Waals surface area (Å²) in [4.78, 5) is 34.9. The molecule has 2 aromatic carbocycles. The fraction of sp³-hybridized carbons (Fsp3) is 0.190. The highest BCUT2D eigenvalue weighted by atomic mass is 32.2. The Morgan fingerprint density at radius 3 is 2.73 bits per heavy atom. The molecule has 0 fully saturated rings. The minimum absolute atomic E-state index is 0.00826. The van der Waals surface area contributed by atoms with Gasteiger partial charge in [-0.15, -0.1) is 0 Å². The lowest BCUT2D eigenvalue weighted by Gasteiger charge is -2.24. The quantitative estimate of drug-likeness (QED) is 0.522. The van der Waals surface area contributed by atoms with E-state index in [9.17, 15) is 25.0 Å². The van der Waals surface area contributed by atoms with E-state index < -0.39 is 10.8 Å². The summed E-state index contributed by atoms with van der Waals surface area (Å²) in [6.07, 6.45) is 0.00826. The Balaban J connectivity index is 1.72. The summed E-state index contributed by atoms with van der Waals surface area (Å²) in [6.45, 7) is 0.382. The predicted octanol–water partition coefficient (Wildman–Crippen LogP) is 2.98. The van der Waals surface area contributed by atoms with Crippen molar-refractivity contribution in [2.45, 2.75) is 18.9 Å². The van der Waals surface area contributed by atoms with Crippen LogP contribution in [-0.2, 0) is 16.1 Å². The van der Waals surface area contributed by atoms with Crippen molar-refractivity contribution in [3.63, 3.8) is 0 Å². The van der Waals surface area contributed by atoms with Gasteiger partial charge in [0.1, 0.15) is 0 Å². The van der Waals surface area contributed by atoms with Crippen LogP contribution in [0.4, 0.5) is 5.69 Å². The smallest absolute Gasteiger partial charge is 0.269 e. The fourth-order valence-corrected chi connectivity index (χ4v) is 3.97. The number of nitro groups is 1. The highest BCUT2D eigenvalue weighted by Crippen LogP contribution is 2.36. The van der Waals surface area contributed by atoms with E-state index in [0.29, 0.717) is 17.1 Å². The maximum Gasteiger partial charge on any atom is 0.269 e. The maximum absolute atomic E-state index is 12.2. The van der Waals surface area contributed by atoms with Gasteiger partial charge in [-0.1, -0.05) is 54.2 Å². The first-order chi connectivity index (χ1) is 14.5. The molecule has 8 nitrogen and oxygen atoms in total. The van der Waals surface area contributed by atoms with Crippen molar-refractivity contribution in [2.24, 2.45) is 0 Å². The number of nitriles is 1. The van der Waals surface area contributed by atoms with Gasteiger partial charge in [0.15, 0.2) is 0 Å². The van der Waals surface area contributed by atoms with Gasteiger partial charge in [0, 0.05) is 31.0 Å². The van der Waals surface area contributed by atoms with Crippen LogP contribution in [-0.4, -0.2) is 22.5 Å². The molecule has 0 radical (unpaired) electrons. The number of benzene rings is 2. The molecule has 0 bridgehead atoms. The number of hydrogen-bond acceptors (Lipinski definition) is 6. The van der Waals surface area contributed by atoms with E-state index in [1.807, 2.05) is 30.3 Å². The molecule has 1 aliphatic rings. The second-order valence-corrected chi connectivity index (χ2v) is 7.55. The number of allylic oxidation sites excluding steroid dienone is 1. The minimum Gasteiger partial charge on any atom is -0.351 e. The number of nitrogens with zero attached hydrogens (tertiary/aromatic N) is 2. The topological polar surface area (TPSA) is 125 Å². The van der Waals surface area contributed by atoms with Crippen LogP contribution in [0.15, 0.2) is 65.2 Å². The Morgan fingerprint density at radius 1 is 1.27 bits per heavy atom. The molecular formula is C21H18N4O4S. The van der Waals surface area contributed by atoms with Crippen LogP contribution in [0, 0.1) is 21.4 Å². The molecule has 0 aliphatic carbocycles. The second-order valence-electron chi connectivity index (χ2n) is 6.56. The van der Waals surface area contributed by atoms with Crippen molar-refractivity contribution >= 4 is 29.3 Å². The van der Waals surface area contributed by atoms with Crippen molar-refractivity contribution in [2.75, 3.05) is 5.75 Å². The monoisotopic (exact) mass is 422 g/mol. The zero-order valence-electron chi connectivity index (χ0n) is 15.8. The highest BCUT2D eigenvalue weighted by Gasteiger charge is 2.30. The van der Waals surface area contributed by atoms with Crippen LogP contribution in [0.5, 0.6) is 0 Å². The van der Waals surface area contributed by atoms with E-state index in [-0.39, 0.29) is 35.2 Å². The molecule has 1 atom stereocenters. The summed E-state index contributed by atoms with van der Waals surface area (Å²) in [7, 11) is 0. The zero-order chi connectivity index (χ0) is 21.5. The van der Waals surface area contributed by atoms with Gasteiger partial charge >= 0.3 is 0 Å². The van der Waals surface area contributed by atoms with E-state index >= 15 is 0 Å². The van der Waals surface area contributed by atoms with E-state index in [2.05, 4.69) is 16.7 Å². The van der Waals surface area contributed by atoms with Crippen LogP contribution in [0.3, 0.4) is 0 Å². The molecule has 3 rings (SSSR count). The molecule has 0 unspecified atom stereocenters. The third-order valence-corrected chi connectivity index (χ3v) is 5.54. The minimum atomic E-state index is -0.599. The lowest BCUT2D eigenvalue weighted by molar-refractivity contribution is -0.384. The average Bonchev–Trinajstić information content (AvgIpc) is 2.76. The average molecular weight is 422 g/mol. The number of nitro benzene ring substituents is 1. The van der Waals surface area contributed by atoms with Crippen molar-refractivity contribution in [3.8, 4) is 6.07 Å². The normalized spacial score (nSPS) is 15.8. The lowest BCUT2D eigenvalue weighted by Crippen LogP contribution is -2.32. The molecule has 2 amide bonds. The van der Waals surface area contributed by atoms with Gasteiger partial charge in [-0.2, -0.15) is 5.26 Å². The van der Waals surface area contributed by atoms with Gasteiger partial charge < -0.3 is 10.6 Å². The van der Waals surface area contributed by atoms with Gasteiger partial charge in [-0.3, -0.25) is 19.7 Å². The lowest BCUT2D eigenvalue weighted by atomic mass is 9.87. The number of rotatable bonds is 7. The van der Waals surface area contributed by atoms with Crippen LogP contribution in [0.1, 0.15) is 23.5 Å². The highest BCUT2D eigenvalue weighted by molar-refractivity contribution is 8.03. The number of carbonyl (C=O) groups is 2. The Bertz CT molecular complexity index is 1050. The molecule has 2 aromatic rings. The third kappa shape index (κ3) is 5.24. The summed E-state index contributed by atoms with van der Waals surface area (Å²) in [5, 5.41) is 26.5. The second kappa shape index (κ2) is 9.71. The largest absolute Gasteiger partial charge is 0.351 e. The van der Waals surface area contributed by atoms with Gasteiger partial charge in [-0.05, 0) is 11.1 Å². The molecule has 0 saturated carbocycles. The van der Waals surface area contributed by atoms with Gasteiger partial charge in [0.25, 0.3) is 5.69 Å². The Morgan fingerprint density at radius 2 is 2.03 bits per heavy atom. The molecule has 152 valence electrons. The van der Waals surface area contributed by atoms with Crippen LogP contribution in [0.2, 0.25) is 0 Å². The molecule has 2 N–H and O–H groups in total. The summed E-state index contributed by atoms with van der Waals surface area (Å²) in [5.74, 6) is -1.12. The number of nitrogens with one attached hydrogen (secondary N) is 2. The maximum atomic E-state index is 12.2. The SMILES string of the molecule is N#CC1=C(SCC(=O)NCc2ccccc2)NC(=O)C[C@@H]1c1cccc([N+](=O)[O-])c1. The molecule has 0 saturated heterocycles. The molecule has 1 heterocycles. The van der Waals surface area contributed by atoms with Crippen molar-refractivity contribution < 1.29 is 14.5 Å². The number of thioether (sulfide) groups is 1. The third-order valence-electron chi connectivity index (χ3n) is 4.52. The van der Waals surface area contributed by atoms with E-state index in [1.54, 1.807) is 6.07 Å². The van der Waals surface area contributed by atoms with Gasteiger partial charge in [-0.25, -0.2) is 0 Å². The van der Waals surface area contributed by atoms with E-state index in [1.165, 1.54) is 18.2 Å². The first-order valence-corrected chi connectivity index (χ1v) is 10.1. The summed E-state index contributed by atoms with van der Waals surface area (Å²) in [6, 6.07) is 17.5. The van der Waals surface area contributed by atoms with E-state index in [4.69, 9.17) is 0 Å². The first kappa shape index (κ1) is 21.1. The van der Waals surface area contributed by atoms with Crippen molar-refractivity contribution in [3.05, 3.63) is 86.4 Å². The molecule has 0 aromatic heterocycles. The first-order valence-electron chi connectivity index (χ1n) is 9.10. The molecule has 1 aliphatic heterocycles. The summed E-state index contributed by atoms with van der Waals surface area (Å²) in [5.41, 5.74) is 1.66. The number of non-ortho nitro benzene ring substituents is 1. The predicted molar refractivity (Wildman–Crippen MR) is 112 cm³/mol. The molecule has 9 heteroatoms.